The molecule has 0 bridgehead atoms. The van der Waals surface area contributed by atoms with Gasteiger partial charge in [0.1, 0.15) is 0 Å². The SMILES string of the molecule is CN1C(=O)c2ccccc2N(Cc2ccccc2)c2ncccc21. The molecule has 0 atom stereocenters. The van der Waals surface area contributed by atoms with Gasteiger partial charge in [0.25, 0.3) is 5.91 Å². The number of nitrogens with zero attached hydrogens (tertiary/aromatic N) is 3. The zero-order valence-corrected chi connectivity index (χ0v) is 13.4. The molecule has 0 aliphatic carbocycles. The molecule has 1 aliphatic rings. The monoisotopic (exact) mass is 315 g/mol. The third-order valence-electron chi connectivity index (χ3n) is 4.30. The molecule has 4 nitrogen and oxygen atoms in total. The van der Waals surface area contributed by atoms with Crippen LogP contribution < -0.4 is 9.80 Å². The molecule has 0 unspecified atom stereocenters. The second-order valence-electron chi connectivity index (χ2n) is 5.80. The smallest absolute Gasteiger partial charge is 0.260 e. The van der Waals surface area contributed by atoms with Crippen molar-refractivity contribution < 1.29 is 4.79 Å². The van der Waals surface area contributed by atoms with Gasteiger partial charge in [0.15, 0.2) is 5.82 Å². The van der Waals surface area contributed by atoms with Crippen molar-refractivity contribution in [3.05, 3.63) is 84.1 Å². The lowest BCUT2D eigenvalue weighted by Gasteiger charge is -2.25. The zero-order valence-electron chi connectivity index (χ0n) is 13.4. The van der Waals surface area contributed by atoms with Crippen LogP contribution in [0.15, 0.2) is 72.9 Å². The molecule has 0 saturated carbocycles. The molecule has 2 heterocycles. The summed E-state index contributed by atoms with van der Waals surface area (Å²) in [7, 11) is 1.80. The maximum atomic E-state index is 12.9. The first kappa shape index (κ1) is 14.5. The Bertz CT molecular complexity index is 892. The molecule has 0 radical (unpaired) electrons. The van der Waals surface area contributed by atoms with Gasteiger partial charge in [0.2, 0.25) is 0 Å². The lowest BCUT2D eigenvalue weighted by Crippen LogP contribution is -2.25. The van der Waals surface area contributed by atoms with Gasteiger partial charge in [-0.15, -0.1) is 0 Å². The standard InChI is InChI=1S/C20H17N3O/c1-22-18-12-7-13-21-19(18)23(14-15-8-3-2-4-9-15)17-11-6-5-10-16(17)20(22)24/h2-13H,14H2,1H3. The van der Waals surface area contributed by atoms with Crippen LogP contribution in [0.2, 0.25) is 0 Å². The molecular weight excluding hydrogens is 298 g/mol. The quantitative estimate of drug-likeness (QED) is 0.717. The van der Waals surface area contributed by atoms with Gasteiger partial charge in [-0.25, -0.2) is 4.98 Å². The Balaban J connectivity index is 1.92. The Morgan fingerprint density at radius 3 is 2.42 bits per heavy atom. The van der Waals surface area contributed by atoms with Gasteiger partial charge in [-0.05, 0) is 29.8 Å². The Labute approximate surface area is 141 Å². The van der Waals surface area contributed by atoms with E-state index in [9.17, 15) is 4.79 Å². The van der Waals surface area contributed by atoms with Gasteiger partial charge < -0.3 is 9.80 Å². The third kappa shape index (κ3) is 2.33. The number of hydrogen-bond donors (Lipinski definition) is 0. The predicted molar refractivity (Wildman–Crippen MR) is 95.7 cm³/mol. The fourth-order valence-electron chi connectivity index (χ4n) is 3.08. The van der Waals surface area contributed by atoms with Crippen LogP contribution >= 0.6 is 0 Å². The Morgan fingerprint density at radius 1 is 0.875 bits per heavy atom. The molecule has 1 amide bonds. The van der Waals surface area contributed by atoms with Crippen molar-refractivity contribution in [1.82, 2.24) is 4.98 Å². The summed E-state index contributed by atoms with van der Waals surface area (Å²) < 4.78 is 0. The predicted octanol–water partition coefficient (Wildman–Crippen LogP) is 4.01. The van der Waals surface area contributed by atoms with Gasteiger partial charge in [-0.2, -0.15) is 0 Å². The highest BCUT2D eigenvalue weighted by Gasteiger charge is 2.29. The fourth-order valence-corrected chi connectivity index (χ4v) is 3.08. The first-order chi connectivity index (χ1) is 11.8. The second-order valence-corrected chi connectivity index (χ2v) is 5.80. The van der Waals surface area contributed by atoms with E-state index < -0.39 is 0 Å². The van der Waals surface area contributed by atoms with E-state index in [0.29, 0.717) is 12.1 Å². The maximum Gasteiger partial charge on any atom is 0.260 e. The summed E-state index contributed by atoms with van der Waals surface area (Å²) in [6.45, 7) is 0.656. The van der Waals surface area contributed by atoms with Crippen LogP contribution in [0.1, 0.15) is 15.9 Å². The molecule has 0 saturated heterocycles. The summed E-state index contributed by atoms with van der Waals surface area (Å²) in [5.41, 5.74) is 3.56. The van der Waals surface area contributed by atoms with E-state index in [-0.39, 0.29) is 5.91 Å². The number of anilines is 3. The first-order valence-electron chi connectivity index (χ1n) is 7.89. The second kappa shape index (κ2) is 5.81. The van der Waals surface area contributed by atoms with E-state index in [2.05, 4.69) is 22.0 Å². The van der Waals surface area contributed by atoms with Crippen LogP contribution in [-0.4, -0.2) is 17.9 Å². The van der Waals surface area contributed by atoms with Gasteiger partial charge in [0, 0.05) is 19.8 Å². The molecule has 1 aliphatic heterocycles. The van der Waals surface area contributed by atoms with Crippen molar-refractivity contribution in [2.24, 2.45) is 0 Å². The number of carbonyl (C=O) groups is 1. The molecule has 2 aromatic carbocycles. The Kier molecular flexibility index (Phi) is 3.50. The van der Waals surface area contributed by atoms with Crippen LogP contribution in [0.25, 0.3) is 0 Å². The molecule has 1 aromatic heterocycles. The summed E-state index contributed by atoms with van der Waals surface area (Å²) in [4.78, 5) is 21.2. The molecule has 4 heteroatoms. The minimum Gasteiger partial charge on any atom is -0.319 e. The molecule has 4 rings (SSSR count). The van der Waals surface area contributed by atoms with Crippen LogP contribution in [-0.2, 0) is 6.54 Å². The van der Waals surface area contributed by atoms with Gasteiger partial charge >= 0.3 is 0 Å². The van der Waals surface area contributed by atoms with E-state index in [4.69, 9.17) is 0 Å². The zero-order chi connectivity index (χ0) is 16.5. The highest BCUT2D eigenvalue weighted by Crippen LogP contribution is 2.39. The summed E-state index contributed by atoms with van der Waals surface area (Å²) in [6, 6.07) is 21.7. The summed E-state index contributed by atoms with van der Waals surface area (Å²) in [6.07, 6.45) is 1.77. The number of benzene rings is 2. The molecule has 24 heavy (non-hydrogen) atoms. The van der Waals surface area contributed by atoms with Crippen molar-refractivity contribution in [1.29, 1.82) is 0 Å². The van der Waals surface area contributed by atoms with E-state index in [1.54, 1.807) is 18.1 Å². The van der Waals surface area contributed by atoms with E-state index in [1.165, 1.54) is 5.56 Å². The highest BCUT2D eigenvalue weighted by molar-refractivity contribution is 6.13. The van der Waals surface area contributed by atoms with Crippen molar-refractivity contribution in [3.8, 4) is 0 Å². The number of fused-ring (bicyclic) bond motifs is 2. The summed E-state index contributed by atoms with van der Waals surface area (Å²) >= 11 is 0. The maximum absolute atomic E-state index is 12.9. The van der Waals surface area contributed by atoms with Gasteiger partial charge in [-0.3, -0.25) is 4.79 Å². The lowest BCUT2D eigenvalue weighted by atomic mass is 10.1. The topological polar surface area (TPSA) is 36.4 Å². The molecule has 0 fully saturated rings. The molecule has 0 spiro atoms. The minimum absolute atomic E-state index is 0.0181. The average Bonchev–Trinajstić information content (AvgIpc) is 2.73. The van der Waals surface area contributed by atoms with E-state index >= 15 is 0 Å². The number of carbonyl (C=O) groups excluding carboxylic acids is 1. The first-order valence-corrected chi connectivity index (χ1v) is 7.89. The number of amides is 1. The number of rotatable bonds is 2. The van der Waals surface area contributed by atoms with Crippen LogP contribution in [0.4, 0.5) is 17.2 Å². The molecule has 0 N–H and O–H groups in total. The van der Waals surface area contributed by atoms with Crippen molar-refractivity contribution >= 4 is 23.1 Å². The lowest BCUT2D eigenvalue weighted by molar-refractivity contribution is 0.0994. The van der Waals surface area contributed by atoms with Crippen molar-refractivity contribution in [2.75, 3.05) is 16.8 Å². The fraction of sp³-hybridized carbons (Fsp3) is 0.100. The van der Waals surface area contributed by atoms with Crippen molar-refractivity contribution in [2.45, 2.75) is 6.54 Å². The average molecular weight is 315 g/mol. The Hall–Kier alpha value is -3.14. The number of para-hydroxylation sites is 1. The Morgan fingerprint density at radius 2 is 1.58 bits per heavy atom. The van der Waals surface area contributed by atoms with Crippen LogP contribution in [0.3, 0.4) is 0 Å². The summed E-state index contributed by atoms with van der Waals surface area (Å²) in [5.74, 6) is 0.776. The van der Waals surface area contributed by atoms with Crippen molar-refractivity contribution in [3.63, 3.8) is 0 Å². The van der Waals surface area contributed by atoms with Crippen LogP contribution in [0, 0.1) is 0 Å². The highest BCUT2D eigenvalue weighted by atomic mass is 16.2. The van der Waals surface area contributed by atoms with Crippen LogP contribution in [0.5, 0.6) is 0 Å². The number of pyridine rings is 1. The molecule has 118 valence electrons. The third-order valence-corrected chi connectivity index (χ3v) is 4.30. The van der Waals surface area contributed by atoms with Gasteiger partial charge in [-0.1, -0.05) is 42.5 Å². The number of hydrogen-bond acceptors (Lipinski definition) is 3. The number of aromatic nitrogens is 1. The summed E-state index contributed by atoms with van der Waals surface area (Å²) in [5, 5.41) is 0. The minimum atomic E-state index is -0.0181. The molecule has 3 aromatic rings. The largest absolute Gasteiger partial charge is 0.319 e. The van der Waals surface area contributed by atoms with E-state index in [0.717, 1.165) is 17.2 Å². The normalized spacial score (nSPS) is 13.3. The molecular formula is C20H17N3O. The van der Waals surface area contributed by atoms with E-state index in [1.807, 2.05) is 54.6 Å². The van der Waals surface area contributed by atoms with Gasteiger partial charge in [0.05, 0.1) is 16.9 Å².